The number of carbonyl (C=O) groups is 1. The van der Waals surface area contributed by atoms with E-state index in [4.69, 9.17) is 20.8 Å². The fraction of sp³-hybridized carbons (Fsp3) is 0.200. The lowest BCUT2D eigenvalue weighted by Crippen LogP contribution is -2.29. The van der Waals surface area contributed by atoms with Crippen LogP contribution in [0.25, 0.3) is 11.3 Å². The Kier molecular flexibility index (Phi) is 6.11. The molecular weight excluding hydrogens is 366 g/mol. The van der Waals surface area contributed by atoms with Gasteiger partial charge in [0.05, 0.1) is 26.4 Å². The number of carbonyl (C=O) groups excluding carboxylic acids is 1. The van der Waals surface area contributed by atoms with Crippen LogP contribution < -0.4 is 10.1 Å². The third-order valence-electron chi connectivity index (χ3n) is 3.87. The summed E-state index contributed by atoms with van der Waals surface area (Å²) in [5.41, 5.74) is 1.62. The summed E-state index contributed by atoms with van der Waals surface area (Å²) in [5.74, 6) is 1.83. The summed E-state index contributed by atoms with van der Waals surface area (Å²) in [7, 11) is 3.43. The summed E-state index contributed by atoms with van der Waals surface area (Å²) in [6.07, 6.45) is 1.67. The molecular formula is C20H20ClN3O3. The van der Waals surface area contributed by atoms with Crippen molar-refractivity contribution in [2.45, 2.75) is 6.54 Å². The molecule has 140 valence electrons. The van der Waals surface area contributed by atoms with Crippen molar-refractivity contribution in [3.63, 3.8) is 0 Å². The minimum atomic E-state index is -0.118. The molecule has 3 rings (SSSR count). The van der Waals surface area contributed by atoms with Crippen LogP contribution in [0.5, 0.6) is 5.75 Å². The first-order valence-corrected chi connectivity index (χ1v) is 8.74. The topological polar surface area (TPSA) is 67.6 Å². The van der Waals surface area contributed by atoms with E-state index in [-0.39, 0.29) is 12.5 Å². The van der Waals surface area contributed by atoms with Gasteiger partial charge in [-0.2, -0.15) is 0 Å². The second kappa shape index (κ2) is 8.70. The normalized spacial score (nSPS) is 10.8. The number of benzene rings is 2. The molecule has 0 aliphatic rings. The van der Waals surface area contributed by atoms with Crippen LogP contribution in [0.1, 0.15) is 5.89 Å². The lowest BCUT2D eigenvalue weighted by molar-refractivity contribution is -0.117. The molecule has 0 bridgehead atoms. The zero-order valence-corrected chi connectivity index (χ0v) is 15.9. The zero-order chi connectivity index (χ0) is 19.2. The second-order valence-electron chi connectivity index (χ2n) is 6.07. The molecule has 0 atom stereocenters. The summed E-state index contributed by atoms with van der Waals surface area (Å²) < 4.78 is 10.9. The van der Waals surface area contributed by atoms with Crippen LogP contribution in [-0.4, -0.2) is 36.5 Å². The van der Waals surface area contributed by atoms with E-state index in [9.17, 15) is 4.79 Å². The van der Waals surface area contributed by atoms with Gasteiger partial charge in [-0.3, -0.25) is 9.69 Å². The minimum Gasteiger partial charge on any atom is -0.497 e. The van der Waals surface area contributed by atoms with Gasteiger partial charge in [0.2, 0.25) is 11.8 Å². The van der Waals surface area contributed by atoms with E-state index in [1.165, 1.54) is 0 Å². The zero-order valence-electron chi connectivity index (χ0n) is 15.1. The number of ether oxygens (including phenoxy) is 1. The number of likely N-dealkylation sites (N-methyl/N-ethyl adjacent to an activating group) is 1. The Labute approximate surface area is 162 Å². The second-order valence-corrected chi connectivity index (χ2v) is 6.51. The number of anilines is 1. The van der Waals surface area contributed by atoms with Gasteiger partial charge in [0, 0.05) is 16.3 Å². The molecule has 7 heteroatoms. The van der Waals surface area contributed by atoms with Crippen LogP contribution in [0.2, 0.25) is 5.02 Å². The van der Waals surface area contributed by atoms with E-state index in [2.05, 4.69) is 10.3 Å². The molecule has 0 unspecified atom stereocenters. The summed E-state index contributed by atoms with van der Waals surface area (Å²) in [5, 5.41) is 3.51. The van der Waals surface area contributed by atoms with Gasteiger partial charge in [-0.25, -0.2) is 4.98 Å². The van der Waals surface area contributed by atoms with Gasteiger partial charge in [-0.15, -0.1) is 0 Å². The molecule has 1 heterocycles. The highest BCUT2D eigenvalue weighted by atomic mass is 35.5. The van der Waals surface area contributed by atoms with Crippen molar-refractivity contribution in [2.24, 2.45) is 0 Å². The molecule has 2 aromatic carbocycles. The highest BCUT2D eigenvalue weighted by molar-refractivity contribution is 6.30. The van der Waals surface area contributed by atoms with Crippen molar-refractivity contribution in [2.75, 3.05) is 26.0 Å². The monoisotopic (exact) mass is 385 g/mol. The third-order valence-corrected chi connectivity index (χ3v) is 4.13. The van der Waals surface area contributed by atoms with Crippen molar-refractivity contribution >= 4 is 23.2 Å². The average molecular weight is 386 g/mol. The highest BCUT2D eigenvalue weighted by Gasteiger charge is 2.12. The van der Waals surface area contributed by atoms with E-state index in [0.29, 0.717) is 23.2 Å². The van der Waals surface area contributed by atoms with Crippen molar-refractivity contribution in [3.8, 4) is 17.1 Å². The van der Waals surface area contributed by atoms with Crippen LogP contribution in [0, 0.1) is 0 Å². The van der Waals surface area contributed by atoms with E-state index in [1.807, 2.05) is 24.1 Å². The average Bonchev–Trinajstić information content (AvgIpc) is 3.11. The number of oxazole rings is 1. The number of aromatic nitrogens is 1. The number of hydrogen-bond acceptors (Lipinski definition) is 5. The Morgan fingerprint density at radius 2 is 1.89 bits per heavy atom. The molecule has 0 radical (unpaired) electrons. The van der Waals surface area contributed by atoms with Gasteiger partial charge in [0.25, 0.3) is 0 Å². The summed E-state index contributed by atoms with van der Waals surface area (Å²) >= 11 is 5.90. The Morgan fingerprint density at radius 1 is 1.19 bits per heavy atom. The first-order chi connectivity index (χ1) is 13.0. The maximum Gasteiger partial charge on any atom is 0.238 e. The first kappa shape index (κ1) is 18.9. The van der Waals surface area contributed by atoms with Gasteiger partial charge >= 0.3 is 0 Å². The van der Waals surface area contributed by atoms with E-state index in [0.717, 1.165) is 17.0 Å². The molecule has 1 amide bonds. The molecule has 0 saturated carbocycles. The number of halogens is 1. The summed E-state index contributed by atoms with van der Waals surface area (Å²) in [6.45, 7) is 0.633. The first-order valence-electron chi connectivity index (χ1n) is 8.36. The van der Waals surface area contributed by atoms with Crippen LogP contribution >= 0.6 is 11.6 Å². The number of nitrogens with zero attached hydrogens (tertiary/aromatic N) is 2. The molecule has 0 fully saturated rings. The highest BCUT2D eigenvalue weighted by Crippen LogP contribution is 2.22. The van der Waals surface area contributed by atoms with Gasteiger partial charge in [-0.05, 0) is 55.6 Å². The number of methoxy groups -OCH3 is 1. The van der Waals surface area contributed by atoms with Crippen LogP contribution in [0.4, 0.5) is 5.69 Å². The van der Waals surface area contributed by atoms with Crippen molar-refractivity contribution < 1.29 is 13.9 Å². The molecule has 0 spiro atoms. The van der Waals surface area contributed by atoms with Crippen LogP contribution in [0.15, 0.2) is 59.1 Å². The van der Waals surface area contributed by atoms with Crippen molar-refractivity contribution in [3.05, 3.63) is 65.6 Å². The number of rotatable bonds is 7. The standard InChI is InChI=1S/C20H20ClN3O3/c1-24(12-19(25)23-16-7-9-17(26-2)10-8-16)13-20-22-11-18(27-20)14-3-5-15(21)6-4-14/h3-11H,12-13H2,1-2H3,(H,23,25). The third kappa shape index (κ3) is 5.32. The predicted octanol–water partition coefficient (Wildman–Crippen LogP) is 4.07. The number of hydrogen-bond donors (Lipinski definition) is 1. The van der Waals surface area contributed by atoms with Gasteiger partial charge in [-0.1, -0.05) is 11.6 Å². The maximum atomic E-state index is 12.2. The van der Waals surface area contributed by atoms with Crippen molar-refractivity contribution in [1.29, 1.82) is 0 Å². The fourth-order valence-electron chi connectivity index (χ4n) is 2.54. The fourth-order valence-corrected chi connectivity index (χ4v) is 2.66. The molecule has 3 aromatic rings. The van der Waals surface area contributed by atoms with E-state index >= 15 is 0 Å². The Bertz CT molecular complexity index is 892. The lowest BCUT2D eigenvalue weighted by atomic mass is 10.2. The van der Waals surface area contributed by atoms with Gasteiger partial charge in [0.1, 0.15) is 5.75 Å². The molecule has 6 nitrogen and oxygen atoms in total. The Morgan fingerprint density at radius 3 is 2.56 bits per heavy atom. The predicted molar refractivity (Wildman–Crippen MR) is 105 cm³/mol. The Hall–Kier alpha value is -2.83. The number of nitrogens with one attached hydrogen (secondary N) is 1. The van der Waals surface area contributed by atoms with Crippen LogP contribution in [-0.2, 0) is 11.3 Å². The minimum absolute atomic E-state index is 0.118. The number of amides is 1. The summed E-state index contributed by atoms with van der Waals surface area (Å²) in [4.78, 5) is 18.3. The molecule has 0 aliphatic carbocycles. The SMILES string of the molecule is COc1ccc(NC(=O)CN(C)Cc2ncc(-c3ccc(Cl)cc3)o2)cc1. The van der Waals surface area contributed by atoms with E-state index < -0.39 is 0 Å². The molecule has 27 heavy (non-hydrogen) atoms. The molecule has 1 N–H and O–H groups in total. The maximum absolute atomic E-state index is 12.2. The molecule has 0 aliphatic heterocycles. The molecule has 0 saturated heterocycles. The smallest absolute Gasteiger partial charge is 0.238 e. The quantitative estimate of drug-likeness (QED) is 0.663. The summed E-state index contributed by atoms with van der Waals surface area (Å²) in [6, 6.07) is 14.5. The lowest BCUT2D eigenvalue weighted by Gasteiger charge is -2.14. The van der Waals surface area contributed by atoms with E-state index in [1.54, 1.807) is 49.7 Å². The van der Waals surface area contributed by atoms with Crippen molar-refractivity contribution in [1.82, 2.24) is 9.88 Å². The Balaban J connectivity index is 1.53. The van der Waals surface area contributed by atoms with Gasteiger partial charge in [0.15, 0.2) is 5.76 Å². The molecule has 1 aromatic heterocycles. The van der Waals surface area contributed by atoms with Crippen LogP contribution in [0.3, 0.4) is 0 Å². The largest absolute Gasteiger partial charge is 0.497 e. The van der Waals surface area contributed by atoms with Gasteiger partial charge < -0.3 is 14.5 Å².